The van der Waals surface area contributed by atoms with Crippen LogP contribution in [0.3, 0.4) is 0 Å². The van der Waals surface area contributed by atoms with E-state index in [-0.39, 0.29) is 0 Å². The molecule has 0 amide bonds. The molecule has 3 heteroatoms. The molecule has 0 atom stereocenters. The molecule has 2 aromatic heterocycles. The number of aromatic nitrogens is 3. The van der Waals surface area contributed by atoms with Crippen LogP contribution in [0, 0.1) is 5.92 Å². The van der Waals surface area contributed by atoms with Crippen molar-refractivity contribution in [2.75, 3.05) is 0 Å². The quantitative estimate of drug-likeness (QED) is 0.564. The molecule has 0 N–H and O–H groups in total. The average Bonchev–Trinajstić information content (AvgIpc) is 2.83. The summed E-state index contributed by atoms with van der Waals surface area (Å²) < 4.78 is 2.26. The molecule has 0 aliphatic rings. The summed E-state index contributed by atoms with van der Waals surface area (Å²) in [4.78, 5) is 8.50. The van der Waals surface area contributed by atoms with Crippen LogP contribution < -0.4 is 0 Å². The van der Waals surface area contributed by atoms with Crippen molar-refractivity contribution in [3.63, 3.8) is 0 Å². The molecule has 3 nitrogen and oxygen atoms in total. The van der Waals surface area contributed by atoms with Gasteiger partial charge in [-0.2, -0.15) is 0 Å². The van der Waals surface area contributed by atoms with Gasteiger partial charge in [0.1, 0.15) is 12.0 Å². The van der Waals surface area contributed by atoms with Crippen LogP contribution in [0.2, 0.25) is 0 Å². The van der Waals surface area contributed by atoms with Gasteiger partial charge in [-0.25, -0.2) is 9.97 Å². The Labute approximate surface area is 134 Å². The van der Waals surface area contributed by atoms with Gasteiger partial charge >= 0.3 is 0 Å². The van der Waals surface area contributed by atoms with Gasteiger partial charge in [0.05, 0.1) is 5.52 Å². The molecule has 0 saturated heterocycles. The highest BCUT2D eigenvalue weighted by atomic mass is 15.1. The van der Waals surface area contributed by atoms with Crippen LogP contribution in [0.5, 0.6) is 0 Å². The summed E-state index contributed by atoms with van der Waals surface area (Å²) in [5, 5.41) is 2.36. The Bertz CT molecular complexity index is 640. The minimum absolute atomic E-state index is 0.400. The molecule has 3 aromatic rings. The lowest BCUT2D eigenvalue weighted by molar-refractivity contribution is 0.637. The minimum atomic E-state index is 0.400. The molecule has 0 aliphatic carbocycles. The van der Waals surface area contributed by atoms with Crippen molar-refractivity contribution >= 4 is 21.9 Å². The first-order chi connectivity index (χ1) is 10.5. The number of nitrogens with zero attached hydrogens (tertiary/aromatic N) is 3. The summed E-state index contributed by atoms with van der Waals surface area (Å²) in [7, 11) is 0. The van der Waals surface area contributed by atoms with E-state index in [1.54, 1.807) is 6.33 Å². The van der Waals surface area contributed by atoms with Crippen LogP contribution >= 0.6 is 0 Å². The molecular weight excluding hydrogens is 270 g/mol. The smallest absolute Gasteiger partial charge is 0.144 e. The third-order valence-corrected chi connectivity index (χ3v) is 2.89. The zero-order valence-corrected chi connectivity index (χ0v) is 15.0. The van der Waals surface area contributed by atoms with E-state index in [0.717, 1.165) is 17.0 Å². The molecule has 22 heavy (non-hydrogen) atoms. The van der Waals surface area contributed by atoms with Gasteiger partial charge in [-0.15, -0.1) is 0 Å². The highest BCUT2D eigenvalue weighted by Gasteiger charge is 2.12. The molecule has 1 aromatic carbocycles. The van der Waals surface area contributed by atoms with Crippen molar-refractivity contribution in [3.05, 3.63) is 36.8 Å². The number of para-hydroxylation sites is 1. The summed E-state index contributed by atoms with van der Waals surface area (Å²) in [6.07, 6.45) is 3.50. The van der Waals surface area contributed by atoms with E-state index in [2.05, 4.69) is 73.4 Å². The van der Waals surface area contributed by atoms with Crippen LogP contribution in [0.1, 0.15) is 54.5 Å². The van der Waals surface area contributed by atoms with Gasteiger partial charge in [0.25, 0.3) is 0 Å². The van der Waals surface area contributed by atoms with Gasteiger partial charge in [-0.3, -0.25) is 0 Å². The number of rotatable bonds is 1. The Morgan fingerprint density at radius 3 is 2.09 bits per heavy atom. The molecule has 3 rings (SSSR count). The van der Waals surface area contributed by atoms with Crippen molar-refractivity contribution in [2.24, 2.45) is 5.92 Å². The average molecular weight is 299 g/mol. The van der Waals surface area contributed by atoms with E-state index in [1.807, 2.05) is 20.0 Å². The maximum Gasteiger partial charge on any atom is 0.144 e. The van der Waals surface area contributed by atoms with Crippen molar-refractivity contribution in [3.8, 4) is 0 Å². The van der Waals surface area contributed by atoms with E-state index >= 15 is 0 Å². The van der Waals surface area contributed by atoms with Gasteiger partial charge in [0.2, 0.25) is 0 Å². The molecule has 0 fully saturated rings. The standard InChI is InChI=1S/C13H13N3.C4H10.C2H6/c1-9(2)16-12-6-4-3-5-10(12)11-7-14-8-15-13(11)16;1-4(2)3;1-2/h3-9H,1-2H3;4H,1-3H3;1-2H3. The maximum absolute atomic E-state index is 4.39. The first kappa shape index (κ1) is 18.1. The van der Waals surface area contributed by atoms with Crippen LogP contribution in [-0.2, 0) is 0 Å². The van der Waals surface area contributed by atoms with E-state index in [1.165, 1.54) is 10.9 Å². The zero-order valence-electron chi connectivity index (χ0n) is 15.0. The second kappa shape index (κ2) is 8.52. The maximum atomic E-state index is 4.39. The Hall–Kier alpha value is -1.90. The molecule has 0 spiro atoms. The van der Waals surface area contributed by atoms with Gasteiger partial charge < -0.3 is 4.57 Å². The Balaban J connectivity index is 0.000000354. The van der Waals surface area contributed by atoms with Gasteiger partial charge in [0, 0.05) is 23.0 Å². The molecule has 0 saturated carbocycles. The lowest BCUT2D eigenvalue weighted by atomic mass is 10.2. The molecule has 0 bridgehead atoms. The van der Waals surface area contributed by atoms with Crippen LogP contribution in [0.4, 0.5) is 0 Å². The van der Waals surface area contributed by atoms with Gasteiger partial charge in [-0.1, -0.05) is 52.8 Å². The molecular formula is C19H29N3. The van der Waals surface area contributed by atoms with Crippen LogP contribution in [0.15, 0.2) is 36.8 Å². The van der Waals surface area contributed by atoms with Crippen molar-refractivity contribution in [1.82, 2.24) is 14.5 Å². The molecule has 120 valence electrons. The van der Waals surface area contributed by atoms with E-state index in [0.29, 0.717) is 6.04 Å². The normalized spacial score (nSPS) is 10.4. The van der Waals surface area contributed by atoms with E-state index < -0.39 is 0 Å². The van der Waals surface area contributed by atoms with E-state index in [9.17, 15) is 0 Å². The number of fused-ring (bicyclic) bond motifs is 3. The van der Waals surface area contributed by atoms with E-state index in [4.69, 9.17) is 0 Å². The number of benzene rings is 1. The minimum Gasteiger partial charge on any atom is -0.323 e. The lowest BCUT2D eigenvalue weighted by Gasteiger charge is -2.09. The third-order valence-electron chi connectivity index (χ3n) is 2.89. The Morgan fingerprint density at radius 2 is 1.50 bits per heavy atom. The monoisotopic (exact) mass is 299 g/mol. The largest absolute Gasteiger partial charge is 0.323 e. The third kappa shape index (κ3) is 4.06. The SMILES string of the molecule is CC.CC(C)C.CC(C)n1c2ccccc2c2cncnc21. The van der Waals surface area contributed by atoms with Gasteiger partial charge in [0.15, 0.2) is 0 Å². The fourth-order valence-corrected chi connectivity index (χ4v) is 2.25. The highest BCUT2D eigenvalue weighted by Crippen LogP contribution is 2.29. The highest BCUT2D eigenvalue weighted by molar-refractivity contribution is 6.06. The van der Waals surface area contributed by atoms with Crippen molar-refractivity contribution in [1.29, 1.82) is 0 Å². The van der Waals surface area contributed by atoms with Crippen molar-refractivity contribution < 1.29 is 0 Å². The lowest BCUT2D eigenvalue weighted by Crippen LogP contribution is -2.00. The van der Waals surface area contributed by atoms with Crippen molar-refractivity contribution in [2.45, 2.75) is 54.5 Å². The topological polar surface area (TPSA) is 30.7 Å². The second-order valence-corrected chi connectivity index (χ2v) is 5.97. The summed E-state index contributed by atoms with van der Waals surface area (Å²) in [6.45, 7) is 14.8. The first-order valence-electron chi connectivity index (χ1n) is 8.21. The second-order valence-electron chi connectivity index (χ2n) is 5.97. The molecule has 0 aliphatic heterocycles. The van der Waals surface area contributed by atoms with Gasteiger partial charge in [-0.05, 0) is 25.8 Å². The summed E-state index contributed by atoms with van der Waals surface area (Å²) in [5.74, 6) is 0.833. The first-order valence-corrected chi connectivity index (χ1v) is 8.21. The zero-order chi connectivity index (χ0) is 16.7. The summed E-state index contributed by atoms with van der Waals surface area (Å²) >= 11 is 0. The fraction of sp³-hybridized carbons (Fsp3) is 0.474. The van der Waals surface area contributed by atoms with Crippen LogP contribution in [-0.4, -0.2) is 14.5 Å². The Morgan fingerprint density at radius 1 is 0.909 bits per heavy atom. The fourth-order valence-electron chi connectivity index (χ4n) is 2.25. The summed E-state index contributed by atoms with van der Waals surface area (Å²) in [5.41, 5.74) is 2.25. The van der Waals surface area contributed by atoms with Crippen LogP contribution in [0.25, 0.3) is 21.9 Å². The molecule has 0 radical (unpaired) electrons. The molecule has 2 heterocycles. The Kier molecular flexibility index (Phi) is 7.03. The predicted molar refractivity (Wildman–Crippen MR) is 97.3 cm³/mol. The molecule has 0 unspecified atom stereocenters. The number of hydrogen-bond acceptors (Lipinski definition) is 2. The number of hydrogen-bond donors (Lipinski definition) is 0. The predicted octanol–water partition coefficient (Wildman–Crippen LogP) is 5.85. The summed E-state index contributed by atoms with van der Waals surface area (Å²) in [6, 6.07) is 8.78.